The van der Waals surface area contributed by atoms with Crippen LogP contribution in [0.1, 0.15) is 290 Å². The summed E-state index contributed by atoms with van der Waals surface area (Å²) in [4.78, 5) is 28.5. The van der Waals surface area contributed by atoms with Crippen molar-refractivity contribution < 1.29 is 9.59 Å². The zero-order chi connectivity index (χ0) is 39.4. The Morgan fingerprint density at radius 1 is 0.333 bits per heavy atom. The van der Waals surface area contributed by atoms with Gasteiger partial charge in [0.05, 0.1) is 0 Å². The van der Waals surface area contributed by atoms with Crippen LogP contribution in [0.5, 0.6) is 0 Å². The number of Topliss-reactive ketones (excluding diaryl/α,β-unsaturated/α-hetero) is 1. The van der Waals surface area contributed by atoms with Crippen LogP contribution in [0, 0.1) is 0 Å². The zero-order valence-electron chi connectivity index (χ0n) is 37.3. The monoisotopic (exact) mass is 780 g/mol. The average Bonchev–Trinajstić information content (AvgIpc) is 3.18. The summed E-state index contributed by atoms with van der Waals surface area (Å²) in [6.07, 6.45) is 54.5. The molecule has 0 saturated carbocycles. The fraction of sp³-hybridized carbons (Fsp3) is 0.960. The molecule has 1 unspecified atom stereocenters. The van der Waals surface area contributed by atoms with Crippen molar-refractivity contribution in [3.8, 4) is 0 Å². The van der Waals surface area contributed by atoms with Crippen molar-refractivity contribution in [3.05, 3.63) is 0 Å². The molecule has 0 saturated heterocycles. The lowest BCUT2D eigenvalue weighted by molar-refractivity contribution is -0.135. The molecule has 0 N–H and O–H groups in total. The molecule has 3 nitrogen and oxygen atoms in total. The number of halogens is 1. The van der Waals surface area contributed by atoms with Gasteiger partial charge in [0.25, 0.3) is 0 Å². The Kier molecular flexibility index (Phi) is 44.7. The number of carbonyl (C=O) groups is 2. The highest BCUT2D eigenvalue weighted by molar-refractivity contribution is 6.41. The molecule has 0 aromatic carbocycles. The summed E-state index contributed by atoms with van der Waals surface area (Å²) in [5, 5.41) is -0.999. The molecule has 0 aromatic heterocycles. The van der Waals surface area contributed by atoms with E-state index in [1.165, 1.54) is 238 Å². The highest BCUT2D eigenvalue weighted by Crippen LogP contribution is 2.18. The summed E-state index contributed by atoms with van der Waals surface area (Å²) < 4.78 is 0. The molecule has 1 atom stereocenters. The van der Waals surface area contributed by atoms with Crippen LogP contribution in [0.4, 0.5) is 0 Å². The van der Waals surface area contributed by atoms with Gasteiger partial charge in [-0.1, -0.05) is 265 Å². The van der Waals surface area contributed by atoms with E-state index in [1.54, 1.807) is 0 Å². The number of alkyl halides is 1. The van der Waals surface area contributed by atoms with Crippen molar-refractivity contribution in [1.29, 1.82) is 0 Å². The van der Waals surface area contributed by atoms with Crippen LogP contribution in [0.3, 0.4) is 0 Å². The Bertz CT molecular complexity index is 725. The van der Waals surface area contributed by atoms with Crippen molar-refractivity contribution in [2.45, 2.75) is 296 Å². The van der Waals surface area contributed by atoms with Gasteiger partial charge in [0.15, 0.2) is 11.2 Å². The highest BCUT2D eigenvalue weighted by atomic mass is 35.5. The van der Waals surface area contributed by atoms with Gasteiger partial charge in [-0.25, -0.2) is 0 Å². The first-order valence-electron chi connectivity index (χ1n) is 25.0. The summed E-state index contributed by atoms with van der Waals surface area (Å²) in [5.74, 6) is -0.183. The number of hydrogen-bond acceptors (Lipinski definition) is 2. The van der Waals surface area contributed by atoms with Gasteiger partial charge in [0.2, 0.25) is 5.91 Å². The fourth-order valence-electron chi connectivity index (χ4n) is 8.07. The first kappa shape index (κ1) is 53.4. The van der Waals surface area contributed by atoms with Crippen molar-refractivity contribution >= 4 is 23.3 Å². The fourth-order valence-corrected chi connectivity index (χ4v) is 8.32. The van der Waals surface area contributed by atoms with E-state index in [9.17, 15) is 9.59 Å². The Morgan fingerprint density at radius 3 is 0.778 bits per heavy atom. The summed E-state index contributed by atoms with van der Waals surface area (Å²) in [5.41, 5.74) is 0. The molecule has 0 heterocycles. The van der Waals surface area contributed by atoms with Crippen LogP contribution >= 0.6 is 11.6 Å². The van der Waals surface area contributed by atoms with Crippen LogP contribution < -0.4 is 0 Å². The third-order valence-electron chi connectivity index (χ3n) is 11.9. The van der Waals surface area contributed by atoms with Gasteiger partial charge >= 0.3 is 0 Å². The Labute approximate surface area is 345 Å². The first-order chi connectivity index (χ1) is 26.6. The maximum Gasteiger partial charge on any atom is 0.248 e. The molecule has 0 rings (SSSR count). The van der Waals surface area contributed by atoms with E-state index in [0.29, 0.717) is 6.42 Å². The van der Waals surface area contributed by atoms with E-state index in [4.69, 9.17) is 11.6 Å². The number of amides is 1. The van der Waals surface area contributed by atoms with E-state index >= 15 is 0 Å². The third-order valence-corrected chi connectivity index (χ3v) is 12.3. The molecule has 54 heavy (non-hydrogen) atoms. The molecule has 0 spiro atoms. The average molecular weight is 781 g/mol. The van der Waals surface area contributed by atoms with Gasteiger partial charge in [-0.05, 0) is 19.3 Å². The largest absolute Gasteiger partial charge is 0.341 e. The second kappa shape index (κ2) is 45.1. The van der Waals surface area contributed by atoms with E-state index in [2.05, 4.69) is 20.8 Å². The second-order valence-corrected chi connectivity index (χ2v) is 17.8. The van der Waals surface area contributed by atoms with Gasteiger partial charge in [-0.3, -0.25) is 9.59 Å². The smallest absolute Gasteiger partial charge is 0.248 e. The first-order valence-corrected chi connectivity index (χ1v) is 25.5. The molecule has 1 amide bonds. The van der Waals surface area contributed by atoms with Crippen LogP contribution in [0.2, 0.25) is 0 Å². The van der Waals surface area contributed by atoms with E-state index in [-0.39, 0.29) is 11.7 Å². The molecule has 0 aromatic rings. The molecular weight excluding hydrogens is 682 g/mol. The van der Waals surface area contributed by atoms with E-state index in [0.717, 1.165) is 38.8 Å². The molecule has 0 aliphatic rings. The number of carbonyl (C=O) groups excluding carboxylic acids is 2. The number of hydrogen-bond donors (Lipinski definition) is 0. The summed E-state index contributed by atoms with van der Waals surface area (Å²) in [6.45, 7) is 8.37. The van der Waals surface area contributed by atoms with Gasteiger partial charge < -0.3 is 4.90 Å². The van der Waals surface area contributed by atoms with Crippen LogP contribution in [-0.4, -0.2) is 35.1 Å². The molecule has 0 aliphatic carbocycles. The predicted molar refractivity (Wildman–Crippen MR) is 242 cm³/mol. The Balaban J connectivity index is 4.33. The second-order valence-electron chi connectivity index (χ2n) is 17.3. The molecular formula is C50H98ClNO2. The van der Waals surface area contributed by atoms with Crippen molar-refractivity contribution in [2.24, 2.45) is 0 Å². The van der Waals surface area contributed by atoms with Crippen LogP contribution in [-0.2, 0) is 9.59 Å². The SMILES string of the molecule is CCCCCCCCCCCCCCCCN(CCCCCCCCCCCCCCCC)C(=O)C(Cl)C(=O)CCCCCCCCCCCCCCC. The summed E-state index contributed by atoms with van der Waals surface area (Å²) in [7, 11) is 0. The van der Waals surface area contributed by atoms with Gasteiger partial charge in [0.1, 0.15) is 0 Å². The highest BCUT2D eigenvalue weighted by Gasteiger charge is 2.27. The summed E-state index contributed by atoms with van der Waals surface area (Å²) in [6, 6.07) is 0. The molecule has 0 radical (unpaired) electrons. The predicted octanol–water partition coefficient (Wildman–Crippen LogP) is 17.4. The number of rotatable bonds is 46. The topological polar surface area (TPSA) is 37.4 Å². The lowest BCUT2D eigenvalue weighted by Gasteiger charge is -2.25. The zero-order valence-corrected chi connectivity index (χ0v) is 38.1. The lowest BCUT2D eigenvalue weighted by Crippen LogP contribution is -2.41. The normalized spacial score (nSPS) is 12.1. The Hall–Kier alpha value is -0.570. The molecule has 0 fully saturated rings. The number of nitrogens with zero attached hydrogens (tertiary/aromatic N) is 1. The van der Waals surface area contributed by atoms with E-state index < -0.39 is 5.38 Å². The standard InChI is InChI=1S/C50H98ClNO2/c1-4-7-10-13-16-19-22-25-28-31-34-37-40-43-46-52(47-44-41-38-35-32-29-26-23-20-17-14-11-8-5-2)50(54)49(51)48(53)45-42-39-36-33-30-27-24-21-18-15-12-9-6-3/h49H,4-47H2,1-3H3. The number of unbranched alkanes of at least 4 members (excludes halogenated alkanes) is 38. The minimum absolute atomic E-state index is 0.0586. The quantitative estimate of drug-likeness (QED) is 0.0350. The summed E-state index contributed by atoms with van der Waals surface area (Å²) >= 11 is 6.62. The maximum absolute atomic E-state index is 13.5. The number of ketones is 1. The van der Waals surface area contributed by atoms with Crippen LogP contribution in [0.25, 0.3) is 0 Å². The molecule has 0 bridgehead atoms. The van der Waals surface area contributed by atoms with Crippen molar-refractivity contribution in [3.63, 3.8) is 0 Å². The molecule has 0 aliphatic heterocycles. The van der Waals surface area contributed by atoms with Gasteiger partial charge in [-0.2, -0.15) is 0 Å². The third kappa shape index (κ3) is 38.3. The van der Waals surface area contributed by atoms with E-state index in [1.807, 2.05) is 4.90 Å². The van der Waals surface area contributed by atoms with Gasteiger partial charge in [0, 0.05) is 19.5 Å². The van der Waals surface area contributed by atoms with Crippen LogP contribution in [0.15, 0.2) is 0 Å². The molecule has 322 valence electrons. The van der Waals surface area contributed by atoms with Gasteiger partial charge in [-0.15, -0.1) is 11.6 Å². The minimum Gasteiger partial charge on any atom is -0.341 e. The maximum atomic E-state index is 13.5. The lowest BCUT2D eigenvalue weighted by atomic mass is 10.0. The van der Waals surface area contributed by atoms with Crippen molar-refractivity contribution in [1.82, 2.24) is 4.90 Å². The van der Waals surface area contributed by atoms with Crippen molar-refractivity contribution in [2.75, 3.05) is 13.1 Å². The minimum atomic E-state index is -0.999. The Morgan fingerprint density at radius 2 is 0.537 bits per heavy atom. The molecule has 4 heteroatoms.